The lowest BCUT2D eigenvalue weighted by Gasteiger charge is -2.22. The van der Waals surface area contributed by atoms with Gasteiger partial charge in [-0.25, -0.2) is 0 Å². The molecule has 0 saturated carbocycles. The lowest BCUT2D eigenvalue weighted by Crippen LogP contribution is -2.57. The van der Waals surface area contributed by atoms with Crippen molar-refractivity contribution in [1.29, 1.82) is 0 Å². The van der Waals surface area contributed by atoms with Crippen LogP contribution in [0.1, 0.15) is 0 Å². The second-order valence-electron chi connectivity index (χ2n) is 9.34. The Morgan fingerprint density at radius 1 is 0.362 bits per heavy atom. The molecule has 0 saturated heterocycles. The summed E-state index contributed by atoms with van der Waals surface area (Å²) < 4.78 is 232. The fourth-order valence-electron chi connectivity index (χ4n) is 2.56. The minimum atomic E-state index is -4.34. The highest BCUT2D eigenvalue weighted by Crippen LogP contribution is 2.06. The molecule has 0 radical (unpaired) electrons. The van der Waals surface area contributed by atoms with E-state index in [1.807, 2.05) is 0 Å². The van der Waals surface area contributed by atoms with Gasteiger partial charge in [0.1, 0.15) is 7.59 Å². The molecule has 0 heterocycles. The molecule has 0 aromatic heterocycles. The lowest BCUT2D eigenvalue weighted by molar-refractivity contribution is 0.0534. The molecule has 0 spiro atoms. The number of rotatable bonds is 23. The fourth-order valence-corrected chi connectivity index (χ4v) is 220. The highest BCUT2D eigenvalue weighted by molar-refractivity contribution is 7.82. The molecule has 0 aliphatic rings. The summed E-state index contributed by atoms with van der Waals surface area (Å²) in [6, 6.07) is 0. The molecule has 0 unspecified atom stereocenters. The molecule has 0 bridgehead atoms. The van der Waals surface area contributed by atoms with Crippen LogP contribution in [0.15, 0.2) is 0 Å². The van der Waals surface area contributed by atoms with Gasteiger partial charge in [0.15, 0.2) is 0 Å². The zero-order valence-corrected chi connectivity index (χ0v) is 45.2. The molecule has 0 N–H and O–H groups in total. The monoisotopic (exact) mass is 988 g/mol. The van der Waals surface area contributed by atoms with Crippen molar-refractivity contribution in [3.8, 4) is 0 Å². The fraction of sp³-hybridized carbons (Fsp3) is 1.00. The molecule has 41 heteroatoms. The van der Waals surface area contributed by atoms with Gasteiger partial charge in [0.25, 0.3) is 0 Å². The van der Waals surface area contributed by atoms with E-state index in [4.69, 9.17) is 17.4 Å². The molecule has 0 aromatic carbocycles. The third-order valence-electron chi connectivity index (χ3n) is 5.16. The molecule has 21 nitrogen and oxygen atoms in total. The maximum absolute atomic E-state index is 12.6. The first-order valence-corrected chi connectivity index (χ1v) is 60.9. The standard InChI is InChI=1S/C6H20O21Si20/c1-24-47(25-2,26-3)27-28-29(7)30(8)31(9)32(10)33(11)34(12)35(13)36(14)37(15)38(16)39(17)40(18)41(19)42(20)43(21)44(22)45(23)46(4,5)6/h28H2,1-6H3. The van der Waals surface area contributed by atoms with Gasteiger partial charge < -0.3 is 93.2 Å². The molecular formula is C6H20O21Si20. The minimum Gasteiger partial charge on any atom is -0.395 e. The van der Waals surface area contributed by atoms with E-state index in [1.54, 1.807) is 0 Å². The summed E-state index contributed by atoms with van der Waals surface area (Å²) >= 11 is 0. The Morgan fingerprint density at radius 3 is 0.787 bits per heavy atom. The predicted octanol–water partition coefficient (Wildman–Crippen LogP) is -8.20. The first-order chi connectivity index (χ1) is 21.4. The molecule has 0 aliphatic heterocycles. The molecule has 0 amide bonds. The minimum absolute atomic E-state index is 1.13. The first kappa shape index (κ1) is 47.8. The van der Waals surface area contributed by atoms with Gasteiger partial charge in [-0.1, -0.05) is 19.6 Å². The van der Waals surface area contributed by atoms with E-state index in [9.17, 15) is 75.9 Å². The Morgan fingerprint density at radius 2 is 0.574 bits per heavy atom. The highest BCUT2D eigenvalue weighted by Gasteiger charge is 2.56. The Kier molecular flexibility index (Phi) is 21.1. The smallest absolute Gasteiger partial charge is 0.395 e. The van der Waals surface area contributed by atoms with Crippen LogP contribution in [0, 0.1) is 0 Å². The second-order valence-corrected chi connectivity index (χ2v) is 108. The van der Waals surface area contributed by atoms with Crippen LogP contribution in [0.2, 0.25) is 19.6 Å². The third kappa shape index (κ3) is 12.7. The summed E-state index contributed by atoms with van der Waals surface area (Å²) in [7, 11) is -73.5. The zero-order chi connectivity index (χ0) is 37.4. The van der Waals surface area contributed by atoms with E-state index in [2.05, 4.69) is 0 Å². The molecule has 0 aliphatic carbocycles. The summed E-state index contributed by atoms with van der Waals surface area (Å²) in [6.07, 6.45) is 0. The highest BCUT2D eigenvalue weighted by atomic mass is 30.1. The lowest BCUT2D eigenvalue weighted by atomic mass is 11.8. The van der Waals surface area contributed by atoms with E-state index < -0.39 is 157 Å². The van der Waals surface area contributed by atoms with Crippen molar-refractivity contribution < 1.29 is 93.2 Å². The van der Waals surface area contributed by atoms with Gasteiger partial charge >= 0.3 is 140 Å². The number of hydrogen-bond donors (Lipinski definition) is 0. The van der Waals surface area contributed by atoms with E-state index in [1.165, 1.54) is 19.6 Å². The number of hydrogen-bond acceptors (Lipinski definition) is 21. The van der Waals surface area contributed by atoms with Crippen LogP contribution in [0.25, 0.3) is 0 Å². The third-order valence-corrected chi connectivity index (χ3v) is 155. The molecule has 47 heavy (non-hydrogen) atoms. The zero-order valence-electron chi connectivity index (χ0n) is 24.8. The van der Waals surface area contributed by atoms with Gasteiger partial charge in [-0.2, -0.15) is 0 Å². The Bertz CT molecular complexity index is 1620. The van der Waals surface area contributed by atoms with E-state index in [0.717, 1.165) is 21.3 Å². The summed E-state index contributed by atoms with van der Waals surface area (Å²) in [4.78, 5) is 0. The van der Waals surface area contributed by atoms with Crippen molar-refractivity contribution in [2.45, 2.75) is 19.6 Å². The van der Waals surface area contributed by atoms with Crippen molar-refractivity contribution in [3.63, 3.8) is 0 Å². The SMILES string of the molecule is CO[Si](OC)(OC)O[SiH2][Si](=O)[Si](=O)[Si](=O)[Si](=O)[Si](=O)[Si](=O)[Si](=O)[Si](=O)[Si](=O)[Si](=O)[Si](=O)[Si](=O)[Si](=O)[Si](=O)[Si](=O)[Si](=O)[Si](=O)[Si](C)(C)C. The molecule has 0 aromatic rings. The molecule has 250 valence electrons. The average Bonchev–Trinajstić information content (AvgIpc) is 3.06. The van der Waals surface area contributed by atoms with Crippen LogP contribution in [-0.4, -0.2) is 178 Å². The summed E-state index contributed by atoms with van der Waals surface area (Å²) in [5, 5.41) is 0. The second kappa shape index (κ2) is 20.7. The summed E-state index contributed by atoms with van der Waals surface area (Å²) in [5.41, 5.74) is 0. The topological polar surface area (TPSA) is 327 Å². The Hall–Kier alpha value is 0.778. The Balaban J connectivity index is 5.65. The van der Waals surface area contributed by atoms with Crippen LogP contribution in [-0.2, 0) is 93.2 Å². The average molecular weight is 990 g/mol. The van der Waals surface area contributed by atoms with Gasteiger partial charge in [0.2, 0.25) is 9.28 Å². The van der Waals surface area contributed by atoms with Crippen molar-refractivity contribution in [2.24, 2.45) is 0 Å². The maximum Gasteiger partial charge on any atom is 0.667 e. The molecule has 0 rings (SSSR count). The largest absolute Gasteiger partial charge is 0.667 e. The van der Waals surface area contributed by atoms with Gasteiger partial charge in [0.05, 0.1) is 0 Å². The van der Waals surface area contributed by atoms with E-state index in [-0.39, 0.29) is 0 Å². The van der Waals surface area contributed by atoms with E-state index >= 15 is 0 Å². The van der Waals surface area contributed by atoms with E-state index in [0.29, 0.717) is 0 Å². The normalized spacial score (nSPS) is 11.2. The van der Waals surface area contributed by atoms with Gasteiger partial charge in [-0.3, -0.25) is 0 Å². The quantitative estimate of drug-likeness (QED) is 0.0858. The summed E-state index contributed by atoms with van der Waals surface area (Å²) in [6.45, 7) is 4.54. The van der Waals surface area contributed by atoms with Crippen molar-refractivity contribution in [3.05, 3.63) is 0 Å². The van der Waals surface area contributed by atoms with Crippen LogP contribution < -0.4 is 0 Å². The maximum atomic E-state index is 12.6. The van der Waals surface area contributed by atoms with Crippen molar-refractivity contribution >= 4 is 157 Å². The van der Waals surface area contributed by atoms with Crippen molar-refractivity contribution in [1.82, 2.24) is 0 Å². The van der Waals surface area contributed by atoms with Gasteiger partial charge in [0, 0.05) is 21.3 Å². The molecule has 0 atom stereocenters. The van der Waals surface area contributed by atoms with Crippen LogP contribution in [0.5, 0.6) is 0 Å². The van der Waals surface area contributed by atoms with Crippen LogP contribution in [0.4, 0.5) is 0 Å². The van der Waals surface area contributed by atoms with Crippen LogP contribution >= 0.6 is 0 Å². The van der Waals surface area contributed by atoms with Crippen molar-refractivity contribution in [2.75, 3.05) is 21.3 Å². The predicted molar refractivity (Wildman–Crippen MR) is 169 cm³/mol. The van der Waals surface area contributed by atoms with Gasteiger partial charge in [-0.15, -0.1) is 0 Å². The first-order valence-electron chi connectivity index (χ1n) is 11.9. The summed E-state index contributed by atoms with van der Waals surface area (Å²) in [5.74, 6) is 0. The van der Waals surface area contributed by atoms with Gasteiger partial charge in [-0.05, 0) is 0 Å². The molecule has 0 fully saturated rings. The Labute approximate surface area is 289 Å². The molecular weight excluding hydrogens is 970 g/mol. The van der Waals surface area contributed by atoms with Crippen LogP contribution in [0.3, 0.4) is 0 Å².